The lowest BCUT2D eigenvalue weighted by Gasteiger charge is -2.40. The first-order valence-electron chi connectivity index (χ1n) is 22.4. The van der Waals surface area contributed by atoms with Crippen LogP contribution in [0.15, 0.2) is 36.5 Å². The second-order valence-electron chi connectivity index (χ2n) is 15.8. The number of allylic oxidation sites excluding steroid dienone is 6. The average molecular weight is 798 g/mol. The van der Waals surface area contributed by atoms with Crippen LogP contribution in [0.3, 0.4) is 0 Å². The molecule has 0 bridgehead atoms. The van der Waals surface area contributed by atoms with Crippen molar-refractivity contribution in [2.75, 3.05) is 13.2 Å². The molecule has 11 heteroatoms. The SMILES string of the molecule is CCCC/C=C/CCCC(O)C(O)C(COC1OC(CO)C(O)C(O)C1O)NC(=O)C(O)CCCCCCCC/C=C\C/C=C\CCCCCCCCCCC. The maximum atomic E-state index is 13.0. The lowest BCUT2D eigenvalue weighted by atomic mass is 9.98. The smallest absolute Gasteiger partial charge is 0.249 e. The van der Waals surface area contributed by atoms with Crippen LogP contribution in [0, 0.1) is 0 Å². The van der Waals surface area contributed by atoms with Gasteiger partial charge in [0.1, 0.15) is 36.6 Å². The summed E-state index contributed by atoms with van der Waals surface area (Å²) in [5, 5.41) is 75.1. The lowest BCUT2D eigenvalue weighted by molar-refractivity contribution is -0.303. The number of rotatable bonds is 36. The number of carbonyl (C=O) groups is 1. The third-order valence-electron chi connectivity index (χ3n) is 10.7. The average Bonchev–Trinajstić information content (AvgIpc) is 3.20. The summed E-state index contributed by atoms with van der Waals surface area (Å²) >= 11 is 0. The number of carbonyl (C=O) groups excluding carboxylic acids is 1. The first kappa shape index (κ1) is 52.3. The molecule has 9 unspecified atom stereocenters. The van der Waals surface area contributed by atoms with Crippen LogP contribution in [0.4, 0.5) is 0 Å². The molecule has 1 saturated heterocycles. The highest BCUT2D eigenvalue weighted by atomic mass is 16.7. The van der Waals surface area contributed by atoms with Crippen molar-refractivity contribution >= 4 is 5.91 Å². The Hall–Kier alpha value is -1.67. The molecule has 8 N–H and O–H groups in total. The molecule has 1 rings (SSSR count). The third kappa shape index (κ3) is 25.0. The molecule has 1 aliphatic rings. The van der Waals surface area contributed by atoms with E-state index >= 15 is 0 Å². The van der Waals surface area contributed by atoms with Crippen LogP contribution in [0.1, 0.15) is 174 Å². The highest BCUT2D eigenvalue weighted by molar-refractivity contribution is 5.80. The number of hydrogen-bond acceptors (Lipinski definition) is 10. The summed E-state index contributed by atoms with van der Waals surface area (Å²) in [6.07, 6.45) is 28.1. The molecule has 1 amide bonds. The predicted octanol–water partition coefficient (Wildman–Crippen LogP) is 6.83. The van der Waals surface area contributed by atoms with Crippen molar-refractivity contribution < 1.29 is 50.0 Å². The monoisotopic (exact) mass is 798 g/mol. The van der Waals surface area contributed by atoms with Crippen LogP contribution in [0.2, 0.25) is 0 Å². The van der Waals surface area contributed by atoms with Crippen molar-refractivity contribution in [3.63, 3.8) is 0 Å². The van der Waals surface area contributed by atoms with Crippen molar-refractivity contribution in [2.24, 2.45) is 0 Å². The van der Waals surface area contributed by atoms with Gasteiger partial charge < -0.3 is 50.5 Å². The summed E-state index contributed by atoms with van der Waals surface area (Å²) < 4.78 is 11.0. The van der Waals surface area contributed by atoms with E-state index in [1.807, 2.05) is 6.08 Å². The maximum absolute atomic E-state index is 13.0. The minimum atomic E-state index is -1.67. The predicted molar refractivity (Wildman–Crippen MR) is 224 cm³/mol. The summed E-state index contributed by atoms with van der Waals surface area (Å²) in [5.74, 6) is -0.720. The molecule has 0 aromatic heterocycles. The molecule has 0 aromatic carbocycles. The van der Waals surface area contributed by atoms with Gasteiger partial charge in [-0.3, -0.25) is 4.79 Å². The van der Waals surface area contributed by atoms with E-state index in [0.29, 0.717) is 12.8 Å². The van der Waals surface area contributed by atoms with Gasteiger partial charge in [-0.15, -0.1) is 0 Å². The lowest BCUT2D eigenvalue weighted by Crippen LogP contribution is -2.60. The van der Waals surface area contributed by atoms with Gasteiger partial charge in [0.25, 0.3) is 0 Å². The maximum Gasteiger partial charge on any atom is 0.249 e. The van der Waals surface area contributed by atoms with Crippen LogP contribution in [0.25, 0.3) is 0 Å². The molecule has 1 aliphatic heterocycles. The molecule has 56 heavy (non-hydrogen) atoms. The molecule has 0 radical (unpaired) electrons. The van der Waals surface area contributed by atoms with Gasteiger partial charge in [-0.05, 0) is 64.2 Å². The first-order valence-corrected chi connectivity index (χ1v) is 22.4. The minimum Gasteiger partial charge on any atom is -0.394 e. The van der Waals surface area contributed by atoms with E-state index in [1.165, 1.54) is 64.2 Å². The Bertz CT molecular complexity index is 1010. The molecular formula is C45H83NO10. The summed E-state index contributed by atoms with van der Waals surface area (Å²) in [7, 11) is 0. The Balaban J connectivity index is 2.37. The topological polar surface area (TPSA) is 189 Å². The molecule has 1 heterocycles. The number of aliphatic hydroxyl groups excluding tert-OH is 7. The van der Waals surface area contributed by atoms with E-state index in [0.717, 1.165) is 70.6 Å². The second-order valence-corrected chi connectivity index (χ2v) is 15.8. The number of unbranched alkanes of at least 4 members (excludes halogenated alkanes) is 18. The van der Waals surface area contributed by atoms with Crippen LogP contribution in [-0.4, -0.2) is 110 Å². The van der Waals surface area contributed by atoms with Crippen LogP contribution in [0.5, 0.6) is 0 Å². The highest BCUT2D eigenvalue weighted by Crippen LogP contribution is 2.23. The van der Waals surface area contributed by atoms with Crippen molar-refractivity contribution in [1.29, 1.82) is 0 Å². The van der Waals surface area contributed by atoms with Crippen molar-refractivity contribution in [1.82, 2.24) is 5.32 Å². The van der Waals surface area contributed by atoms with E-state index in [1.54, 1.807) is 0 Å². The molecule has 11 nitrogen and oxygen atoms in total. The summed E-state index contributed by atoms with van der Waals surface area (Å²) in [4.78, 5) is 13.0. The number of amides is 1. The number of hydrogen-bond donors (Lipinski definition) is 8. The van der Waals surface area contributed by atoms with Gasteiger partial charge in [-0.25, -0.2) is 0 Å². The van der Waals surface area contributed by atoms with E-state index in [-0.39, 0.29) is 12.8 Å². The van der Waals surface area contributed by atoms with Gasteiger partial charge in [0.05, 0.1) is 25.4 Å². The minimum absolute atomic E-state index is 0.241. The number of ether oxygens (including phenoxy) is 2. The Morgan fingerprint density at radius 1 is 0.625 bits per heavy atom. The zero-order valence-corrected chi connectivity index (χ0v) is 35.1. The van der Waals surface area contributed by atoms with Gasteiger partial charge in [0.2, 0.25) is 5.91 Å². The Labute approximate surface area is 339 Å². The fourth-order valence-electron chi connectivity index (χ4n) is 6.87. The number of nitrogens with one attached hydrogen (secondary N) is 1. The van der Waals surface area contributed by atoms with Gasteiger partial charge in [0.15, 0.2) is 6.29 Å². The summed E-state index contributed by atoms with van der Waals surface area (Å²) in [6.45, 7) is 3.31. The van der Waals surface area contributed by atoms with E-state index < -0.39 is 74.2 Å². The van der Waals surface area contributed by atoms with E-state index in [2.05, 4.69) is 49.5 Å². The molecular weight excluding hydrogens is 714 g/mol. The zero-order chi connectivity index (χ0) is 41.2. The fraction of sp³-hybridized carbons (Fsp3) is 0.844. The van der Waals surface area contributed by atoms with Gasteiger partial charge in [0, 0.05) is 0 Å². The van der Waals surface area contributed by atoms with Gasteiger partial charge in [-0.2, -0.15) is 0 Å². The Kier molecular flexibility index (Phi) is 33.0. The third-order valence-corrected chi connectivity index (χ3v) is 10.7. The highest BCUT2D eigenvalue weighted by Gasteiger charge is 2.44. The first-order chi connectivity index (χ1) is 27.2. The molecule has 328 valence electrons. The molecule has 0 saturated carbocycles. The standard InChI is InChI=1S/C45H83NO10/c1-3-5-7-9-11-12-13-14-15-16-17-18-19-20-21-22-23-24-25-27-29-31-33-38(49)44(54)46-36(40(50)37(48)32-30-28-26-10-8-6-4-2)35-55-45-43(53)42(52)41(51)39(34-47)56-45/h10,17-18,20-21,26,36-43,45,47-53H,3-9,11-16,19,22-25,27-35H2,1-2H3,(H,46,54)/b18-17-,21-20-,26-10+. The number of aliphatic hydroxyl groups is 7. The molecule has 0 aliphatic carbocycles. The summed E-state index contributed by atoms with van der Waals surface area (Å²) in [5.41, 5.74) is 0. The van der Waals surface area contributed by atoms with Gasteiger partial charge >= 0.3 is 0 Å². The molecule has 0 spiro atoms. The Morgan fingerprint density at radius 3 is 1.70 bits per heavy atom. The molecule has 1 fully saturated rings. The van der Waals surface area contributed by atoms with Crippen molar-refractivity contribution in [3.05, 3.63) is 36.5 Å². The van der Waals surface area contributed by atoms with Crippen LogP contribution >= 0.6 is 0 Å². The second kappa shape index (κ2) is 35.3. The van der Waals surface area contributed by atoms with Crippen molar-refractivity contribution in [3.8, 4) is 0 Å². The van der Waals surface area contributed by atoms with Gasteiger partial charge in [-0.1, -0.05) is 147 Å². The molecule has 9 atom stereocenters. The normalized spacial score (nSPS) is 22.6. The Morgan fingerprint density at radius 2 is 1.12 bits per heavy atom. The summed E-state index contributed by atoms with van der Waals surface area (Å²) in [6, 6.07) is -1.19. The van der Waals surface area contributed by atoms with E-state index in [9.17, 15) is 40.5 Å². The van der Waals surface area contributed by atoms with Crippen LogP contribution in [-0.2, 0) is 14.3 Å². The quantitative estimate of drug-likeness (QED) is 0.0247. The van der Waals surface area contributed by atoms with Crippen LogP contribution < -0.4 is 5.32 Å². The fourth-order valence-corrected chi connectivity index (χ4v) is 6.87. The van der Waals surface area contributed by atoms with E-state index in [4.69, 9.17) is 9.47 Å². The molecule has 0 aromatic rings. The zero-order valence-electron chi connectivity index (χ0n) is 35.1. The van der Waals surface area contributed by atoms with Crippen molar-refractivity contribution in [2.45, 2.75) is 229 Å². The largest absolute Gasteiger partial charge is 0.394 e.